The maximum atomic E-state index is 12.1. The largest absolute Gasteiger partial charge is 0.355 e. The molecule has 0 amide bonds. The summed E-state index contributed by atoms with van der Waals surface area (Å²) >= 11 is 2.07. The molecule has 0 spiro atoms. The van der Waals surface area contributed by atoms with Crippen molar-refractivity contribution < 1.29 is 8.42 Å². The fourth-order valence-electron chi connectivity index (χ4n) is 4.95. The molecule has 0 aromatic rings. The van der Waals surface area contributed by atoms with Crippen molar-refractivity contribution in [2.45, 2.75) is 63.5 Å². The highest BCUT2D eigenvalue weighted by Crippen LogP contribution is 2.34. The Balaban J connectivity index is 0.00000320. The first kappa shape index (κ1) is 26.5. The molecule has 2 N–H and O–H groups in total. The number of piperidine rings is 1. The molecule has 0 bridgehead atoms. The van der Waals surface area contributed by atoms with Crippen LogP contribution in [0.25, 0.3) is 0 Å². The summed E-state index contributed by atoms with van der Waals surface area (Å²) in [4.78, 5) is 7.20. The van der Waals surface area contributed by atoms with Gasteiger partial charge in [0.15, 0.2) is 5.96 Å². The smallest absolute Gasteiger partial charge is 0.213 e. The number of hydrogen-bond acceptors (Lipinski definition) is 5. The molecule has 0 radical (unpaired) electrons. The third-order valence-electron chi connectivity index (χ3n) is 6.83. The number of aliphatic imine (C=N–C) groups is 1. The molecule has 176 valence electrons. The van der Waals surface area contributed by atoms with Gasteiger partial charge in [0.05, 0.1) is 5.75 Å². The van der Waals surface area contributed by atoms with E-state index < -0.39 is 10.0 Å². The van der Waals surface area contributed by atoms with Gasteiger partial charge in [0.2, 0.25) is 10.0 Å². The van der Waals surface area contributed by atoms with E-state index in [2.05, 4.69) is 32.3 Å². The van der Waals surface area contributed by atoms with Crippen LogP contribution < -0.4 is 10.6 Å². The number of sulfonamides is 1. The van der Waals surface area contributed by atoms with Crippen LogP contribution in [-0.2, 0) is 10.0 Å². The van der Waals surface area contributed by atoms with Crippen LogP contribution >= 0.6 is 35.7 Å². The second-order valence-corrected chi connectivity index (χ2v) is 12.0. The average Bonchev–Trinajstić information content (AvgIpc) is 2.78. The van der Waals surface area contributed by atoms with Crippen LogP contribution in [-0.4, -0.2) is 92.2 Å². The molecule has 1 saturated carbocycles. The number of halogens is 1. The summed E-state index contributed by atoms with van der Waals surface area (Å²) < 4.78 is 25.8. The minimum Gasteiger partial charge on any atom is -0.355 e. The lowest BCUT2D eigenvalue weighted by molar-refractivity contribution is 0.0625. The molecule has 10 heteroatoms. The summed E-state index contributed by atoms with van der Waals surface area (Å²) in [6.45, 7) is 6.25. The molecule has 0 aromatic heterocycles. The second-order valence-electron chi connectivity index (χ2n) is 8.53. The van der Waals surface area contributed by atoms with E-state index in [1.165, 1.54) is 56.7 Å². The van der Waals surface area contributed by atoms with Crippen molar-refractivity contribution in [2.24, 2.45) is 4.99 Å². The maximum Gasteiger partial charge on any atom is 0.213 e. The lowest BCUT2D eigenvalue weighted by Gasteiger charge is -2.48. The topological polar surface area (TPSA) is 77.0 Å². The minimum atomic E-state index is -3.07. The molecule has 2 saturated heterocycles. The van der Waals surface area contributed by atoms with Crippen molar-refractivity contribution >= 4 is 51.7 Å². The van der Waals surface area contributed by atoms with E-state index in [9.17, 15) is 8.42 Å². The Bertz CT molecular complexity index is 642. The van der Waals surface area contributed by atoms with Gasteiger partial charge in [0.1, 0.15) is 0 Å². The minimum absolute atomic E-state index is 0. The van der Waals surface area contributed by atoms with E-state index in [4.69, 9.17) is 0 Å². The lowest BCUT2D eigenvalue weighted by Crippen LogP contribution is -2.60. The van der Waals surface area contributed by atoms with Crippen molar-refractivity contribution in [1.29, 1.82) is 0 Å². The van der Waals surface area contributed by atoms with Crippen LogP contribution in [0.2, 0.25) is 0 Å². The molecule has 0 unspecified atom stereocenters. The molecule has 3 rings (SSSR count). The summed E-state index contributed by atoms with van der Waals surface area (Å²) in [5, 5.41) is 7.19. The average molecular weight is 574 g/mol. The highest BCUT2D eigenvalue weighted by Gasteiger charge is 2.38. The van der Waals surface area contributed by atoms with Crippen LogP contribution in [0.3, 0.4) is 0 Å². The fraction of sp³-hybridized carbons (Fsp3) is 0.950. The van der Waals surface area contributed by atoms with Gasteiger partial charge in [0, 0.05) is 62.9 Å². The zero-order valence-corrected chi connectivity index (χ0v) is 22.5. The summed E-state index contributed by atoms with van der Waals surface area (Å²) in [5.41, 5.74) is 0.259. The van der Waals surface area contributed by atoms with E-state index in [1.54, 1.807) is 11.2 Å². The number of hydrogen-bond donors (Lipinski definition) is 2. The van der Waals surface area contributed by atoms with Crippen LogP contribution in [0.4, 0.5) is 0 Å². The van der Waals surface area contributed by atoms with E-state index in [0.717, 1.165) is 25.3 Å². The van der Waals surface area contributed by atoms with Crippen LogP contribution in [0.15, 0.2) is 4.99 Å². The van der Waals surface area contributed by atoms with Gasteiger partial charge < -0.3 is 10.6 Å². The Morgan fingerprint density at radius 3 is 2.30 bits per heavy atom. The number of thioether (sulfide) groups is 1. The molecule has 0 aromatic carbocycles. The zero-order chi connectivity index (χ0) is 20.7. The van der Waals surface area contributed by atoms with Crippen molar-refractivity contribution in [3.8, 4) is 0 Å². The van der Waals surface area contributed by atoms with Gasteiger partial charge >= 0.3 is 0 Å². The molecular weight excluding hydrogens is 533 g/mol. The summed E-state index contributed by atoms with van der Waals surface area (Å²) in [7, 11) is -1.24. The van der Waals surface area contributed by atoms with Crippen molar-refractivity contribution in [1.82, 2.24) is 19.8 Å². The molecule has 0 atom stereocenters. The quantitative estimate of drug-likeness (QED) is 0.289. The molecule has 30 heavy (non-hydrogen) atoms. The van der Waals surface area contributed by atoms with E-state index in [0.29, 0.717) is 13.1 Å². The van der Waals surface area contributed by atoms with Crippen molar-refractivity contribution in [3.05, 3.63) is 0 Å². The van der Waals surface area contributed by atoms with Gasteiger partial charge in [-0.25, -0.2) is 12.7 Å². The summed E-state index contributed by atoms with van der Waals surface area (Å²) in [6, 6.07) is 0.276. The number of guanidine groups is 1. The zero-order valence-electron chi connectivity index (χ0n) is 18.6. The Labute approximate surface area is 204 Å². The van der Waals surface area contributed by atoms with Gasteiger partial charge in [0.25, 0.3) is 0 Å². The monoisotopic (exact) mass is 573 g/mol. The molecule has 1 aliphatic carbocycles. The van der Waals surface area contributed by atoms with Crippen molar-refractivity contribution in [2.75, 3.05) is 57.0 Å². The highest BCUT2D eigenvalue weighted by molar-refractivity contribution is 14.0. The molecule has 2 heterocycles. The number of nitrogens with zero attached hydrogens (tertiary/aromatic N) is 3. The standard InChI is InChI=1S/C20H39N5O2S2.HI/c1-3-29(26,27)25-11-7-18(8-12-25)23-19(21-2)22-17-20(9-5-4-6-10-20)24-13-15-28-16-14-24;/h18H,3-17H2,1-2H3,(H2,21,22,23);1H. The van der Waals surface area contributed by atoms with E-state index >= 15 is 0 Å². The first-order valence-corrected chi connectivity index (χ1v) is 14.0. The predicted octanol–water partition coefficient (Wildman–Crippen LogP) is 2.34. The van der Waals surface area contributed by atoms with Crippen molar-refractivity contribution in [3.63, 3.8) is 0 Å². The first-order valence-electron chi connectivity index (χ1n) is 11.3. The molecule has 2 aliphatic heterocycles. The molecule has 3 fully saturated rings. The predicted molar refractivity (Wildman–Crippen MR) is 139 cm³/mol. The molecule has 7 nitrogen and oxygen atoms in total. The molecular formula is C20H40IN5O2S2. The number of rotatable bonds is 6. The normalized spacial score (nSPS) is 24.8. The SMILES string of the molecule is CCS(=O)(=O)N1CCC(NC(=NC)NCC2(N3CCSCC3)CCCCC2)CC1.I. The van der Waals surface area contributed by atoms with Gasteiger partial charge in [-0.2, -0.15) is 11.8 Å². The third kappa shape index (κ3) is 6.86. The van der Waals surface area contributed by atoms with Crippen LogP contribution in [0, 0.1) is 0 Å². The molecule has 3 aliphatic rings. The number of nitrogens with one attached hydrogen (secondary N) is 2. The lowest BCUT2D eigenvalue weighted by atomic mass is 9.80. The second kappa shape index (κ2) is 12.5. The summed E-state index contributed by atoms with van der Waals surface area (Å²) in [5.74, 6) is 3.53. The highest BCUT2D eigenvalue weighted by atomic mass is 127. The Morgan fingerprint density at radius 1 is 1.10 bits per heavy atom. The van der Waals surface area contributed by atoms with Gasteiger partial charge in [-0.15, -0.1) is 24.0 Å². The first-order chi connectivity index (χ1) is 14.0. The van der Waals surface area contributed by atoms with E-state index in [1.807, 2.05) is 7.05 Å². The van der Waals surface area contributed by atoms with E-state index in [-0.39, 0.29) is 41.3 Å². The summed E-state index contributed by atoms with van der Waals surface area (Å²) in [6.07, 6.45) is 8.20. The van der Waals surface area contributed by atoms with Gasteiger partial charge in [-0.3, -0.25) is 9.89 Å². The maximum absolute atomic E-state index is 12.1. The van der Waals surface area contributed by atoms with Crippen LogP contribution in [0.1, 0.15) is 51.9 Å². The van der Waals surface area contributed by atoms with Gasteiger partial charge in [-0.1, -0.05) is 19.3 Å². The Hall–Kier alpha value is 0.220. The fourth-order valence-corrected chi connectivity index (χ4v) is 6.98. The van der Waals surface area contributed by atoms with Crippen LogP contribution in [0.5, 0.6) is 0 Å². The Kier molecular flexibility index (Phi) is 11.0. The van der Waals surface area contributed by atoms with Gasteiger partial charge in [-0.05, 0) is 32.6 Å². The Morgan fingerprint density at radius 2 is 1.73 bits per heavy atom. The third-order valence-corrected chi connectivity index (χ3v) is 9.65.